The van der Waals surface area contributed by atoms with E-state index in [0.717, 1.165) is 0 Å². The van der Waals surface area contributed by atoms with Crippen LogP contribution in [0.2, 0.25) is 0 Å². The average molecular weight is 393 g/mol. The Kier molecular flexibility index (Phi) is 7.11. The molecule has 1 aromatic heterocycles. The molecular weight excluding hydrogens is 369 g/mol. The Morgan fingerprint density at radius 1 is 1.39 bits per heavy atom. The maximum absolute atomic E-state index is 13.1. The number of nitrogens with one attached hydrogen (secondary N) is 1. The summed E-state index contributed by atoms with van der Waals surface area (Å²) in [7, 11) is 0. The molecule has 0 bridgehead atoms. The highest BCUT2D eigenvalue weighted by molar-refractivity contribution is 5.82. The smallest absolute Gasteiger partial charge is 0.407 e. The standard InChI is InChI=1S/C19H24FN3O5/c1-19(2,3)28-18(26)21-10-13(9-20)12-27-15-4-5-16-14(8-15)11-22-23(6-7-24)17(16)25/h4-5,8-9,11,24H,6-7,10,12H2,1-3H3,(H,21,26). The number of halogens is 1. The topological polar surface area (TPSA) is 103 Å². The van der Waals surface area contributed by atoms with E-state index >= 15 is 0 Å². The molecule has 2 N–H and O–H groups in total. The fourth-order valence-electron chi connectivity index (χ4n) is 2.31. The van der Waals surface area contributed by atoms with Gasteiger partial charge in [-0.3, -0.25) is 4.79 Å². The first-order valence-corrected chi connectivity index (χ1v) is 8.72. The number of hydrogen-bond acceptors (Lipinski definition) is 6. The van der Waals surface area contributed by atoms with Crippen molar-refractivity contribution >= 4 is 16.9 Å². The second kappa shape index (κ2) is 9.32. The minimum atomic E-state index is -0.650. The SMILES string of the molecule is CC(C)(C)OC(=O)NCC(=CF)COc1ccc2c(=O)n(CCO)ncc2c1. The lowest BCUT2D eigenvalue weighted by molar-refractivity contribution is 0.0531. The Labute approximate surface area is 161 Å². The second-order valence-corrected chi connectivity index (χ2v) is 7.06. The van der Waals surface area contributed by atoms with Crippen LogP contribution in [0.1, 0.15) is 20.8 Å². The van der Waals surface area contributed by atoms with Crippen molar-refractivity contribution in [3.8, 4) is 5.75 Å². The molecule has 0 radical (unpaired) electrons. The summed E-state index contributed by atoms with van der Waals surface area (Å²) < 4.78 is 24.9. The number of fused-ring (bicyclic) bond motifs is 1. The Bertz CT molecular complexity index is 918. The van der Waals surface area contributed by atoms with Crippen LogP contribution in [-0.2, 0) is 11.3 Å². The zero-order valence-electron chi connectivity index (χ0n) is 16.1. The van der Waals surface area contributed by atoms with E-state index in [4.69, 9.17) is 14.6 Å². The monoisotopic (exact) mass is 393 g/mol. The predicted molar refractivity (Wildman–Crippen MR) is 102 cm³/mol. The van der Waals surface area contributed by atoms with Gasteiger partial charge in [-0.2, -0.15) is 5.10 Å². The van der Waals surface area contributed by atoms with Crippen LogP contribution in [0.4, 0.5) is 9.18 Å². The van der Waals surface area contributed by atoms with Crippen LogP contribution in [0.15, 0.2) is 41.1 Å². The number of amides is 1. The van der Waals surface area contributed by atoms with Gasteiger partial charge in [0.25, 0.3) is 5.56 Å². The number of nitrogens with zero attached hydrogens (tertiary/aromatic N) is 2. The van der Waals surface area contributed by atoms with Crippen LogP contribution >= 0.6 is 0 Å². The molecule has 2 aromatic rings. The van der Waals surface area contributed by atoms with Gasteiger partial charge in [-0.25, -0.2) is 13.9 Å². The number of aliphatic hydroxyl groups is 1. The van der Waals surface area contributed by atoms with Crippen molar-refractivity contribution < 1.29 is 23.8 Å². The summed E-state index contributed by atoms with van der Waals surface area (Å²) in [5, 5.41) is 16.4. The van der Waals surface area contributed by atoms with Gasteiger partial charge in [0.1, 0.15) is 18.0 Å². The molecule has 0 fully saturated rings. The van der Waals surface area contributed by atoms with E-state index in [-0.39, 0.29) is 37.4 Å². The minimum absolute atomic E-state index is 0.0631. The van der Waals surface area contributed by atoms with Crippen molar-refractivity contribution in [3.05, 3.63) is 46.7 Å². The van der Waals surface area contributed by atoms with E-state index < -0.39 is 11.7 Å². The maximum Gasteiger partial charge on any atom is 0.407 e. The van der Waals surface area contributed by atoms with Crippen LogP contribution in [0, 0.1) is 0 Å². The van der Waals surface area contributed by atoms with Crippen molar-refractivity contribution in [3.63, 3.8) is 0 Å². The molecule has 9 heteroatoms. The van der Waals surface area contributed by atoms with Gasteiger partial charge in [0.2, 0.25) is 0 Å². The summed E-state index contributed by atoms with van der Waals surface area (Å²) in [5.74, 6) is 0.422. The molecule has 28 heavy (non-hydrogen) atoms. The van der Waals surface area contributed by atoms with Gasteiger partial charge < -0.3 is 19.9 Å². The van der Waals surface area contributed by atoms with Crippen LogP contribution in [0.25, 0.3) is 10.8 Å². The van der Waals surface area contributed by atoms with E-state index in [1.165, 1.54) is 10.9 Å². The van der Waals surface area contributed by atoms with Crippen molar-refractivity contribution in [2.45, 2.75) is 32.9 Å². The van der Waals surface area contributed by atoms with E-state index in [1.54, 1.807) is 39.0 Å². The first kappa shape index (κ1) is 21.4. The molecule has 152 valence electrons. The van der Waals surface area contributed by atoms with Gasteiger partial charge in [-0.15, -0.1) is 0 Å². The second-order valence-electron chi connectivity index (χ2n) is 7.06. The normalized spacial score (nSPS) is 12.1. The number of rotatable bonds is 7. The van der Waals surface area contributed by atoms with Gasteiger partial charge >= 0.3 is 6.09 Å². The lowest BCUT2D eigenvalue weighted by atomic mass is 10.2. The number of carbonyl (C=O) groups excluding carboxylic acids is 1. The summed E-state index contributed by atoms with van der Waals surface area (Å²) in [6.45, 7) is 4.97. The molecule has 0 unspecified atom stereocenters. The van der Waals surface area contributed by atoms with E-state index in [0.29, 0.717) is 22.9 Å². The third-order valence-electron chi connectivity index (χ3n) is 3.57. The maximum atomic E-state index is 13.1. The largest absolute Gasteiger partial charge is 0.489 e. The Balaban J connectivity index is 1.99. The predicted octanol–water partition coefficient (Wildman–Crippen LogP) is 2.15. The minimum Gasteiger partial charge on any atom is -0.489 e. The third-order valence-corrected chi connectivity index (χ3v) is 3.57. The lowest BCUT2D eigenvalue weighted by Crippen LogP contribution is -2.34. The molecule has 0 saturated heterocycles. The van der Waals surface area contributed by atoms with Crippen molar-refractivity contribution in [1.82, 2.24) is 15.1 Å². The van der Waals surface area contributed by atoms with E-state index in [2.05, 4.69) is 10.4 Å². The van der Waals surface area contributed by atoms with Gasteiger partial charge in [0, 0.05) is 17.5 Å². The van der Waals surface area contributed by atoms with Gasteiger partial charge in [0.05, 0.1) is 31.1 Å². The fourth-order valence-corrected chi connectivity index (χ4v) is 2.31. The van der Waals surface area contributed by atoms with Crippen LogP contribution in [0.3, 0.4) is 0 Å². The van der Waals surface area contributed by atoms with E-state index in [1.807, 2.05) is 0 Å². The molecule has 1 heterocycles. The third kappa shape index (κ3) is 6.05. The van der Waals surface area contributed by atoms with Gasteiger partial charge in [-0.1, -0.05) is 0 Å². The van der Waals surface area contributed by atoms with Gasteiger partial charge in [-0.05, 0) is 39.0 Å². The highest BCUT2D eigenvalue weighted by Crippen LogP contribution is 2.18. The first-order chi connectivity index (χ1) is 13.2. The number of aliphatic hydroxyl groups excluding tert-OH is 1. The Morgan fingerprint density at radius 2 is 2.14 bits per heavy atom. The van der Waals surface area contributed by atoms with Gasteiger partial charge in [0.15, 0.2) is 0 Å². The first-order valence-electron chi connectivity index (χ1n) is 8.72. The summed E-state index contributed by atoms with van der Waals surface area (Å²) in [6.07, 6.45) is 1.21. The zero-order chi connectivity index (χ0) is 20.7. The number of ether oxygens (including phenoxy) is 2. The van der Waals surface area contributed by atoms with Crippen molar-refractivity contribution in [2.24, 2.45) is 0 Å². The molecule has 0 saturated carbocycles. The molecule has 0 atom stereocenters. The Morgan fingerprint density at radius 3 is 2.79 bits per heavy atom. The van der Waals surface area contributed by atoms with Crippen molar-refractivity contribution in [1.29, 1.82) is 0 Å². The van der Waals surface area contributed by atoms with Crippen LogP contribution < -0.4 is 15.6 Å². The quantitative estimate of drug-likeness (QED) is 0.747. The zero-order valence-corrected chi connectivity index (χ0v) is 16.1. The summed E-state index contributed by atoms with van der Waals surface area (Å²) in [5.41, 5.74) is -0.749. The number of aromatic nitrogens is 2. The van der Waals surface area contributed by atoms with E-state index in [9.17, 15) is 14.0 Å². The molecule has 2 rings (SSSR count). The average Bonchev–Trinajstić information content (AvgIpc) is 2.63. The summed E-state index contributed by atoms with van der Waals surface area (Å²) >= 11 is 0. The van der Waals surface area contributed by atoms with Crippen LogP contribution in [0.5, 0.6) is 5.75 Å². The fraction of sp³-hybridized carbons (Fsp3) is 0.421. The molecule has 0 aliphatic rings. The molecular formula is C19H24FN3O5. The molecule has 1 amide bonds. The molecule has 0 aliphatic heterocycles. The highest BCUT2D eigenvalue weighted by atomic mass is 19.1. The molecule has 8 nitrogen and oxygen atoms in total. The lowest BCUT2D eigenvalue weighted by Gasteiger charge is -2.20. The molecule has 1 aromatic carbocycles. The number of hydrogen-bond donors (Lipinski definition) is 2. The highest BCUT2D eigenvalue weighted by Gasteiger charge is 2.16. The summed E-state index contributed by atoms with van der Waals surface area (Å²) in [4.78, 5) is 23.9. The number of carbonyl (C=O) groups is 1. The van der Waals surface area contributed by atoms with Crippen molar-refractivity contribution in [2.75, 3.05) is 19.8 Å². The number of alkyl carbamates (subject to hydrolysis) is 1. The number of benzene rings is 1. The Hall–Kier alpha value is -2.94. The van der Waals surface area contributed by atoms with Crippen LogP contribution in [-0.4, -0.2) is 46.3 Å². The molecule has 0 aliphatic carbocycles. The molecule has 0 spiro atoms. The summed E-state index contributed by atoms with van der Waals surface area (Å²) in [6, 6.07) is 4.79.